The Hall–Kier alpha value is -2.64. The van der Waals surface area contributed by atoms with Gasteiger partial charge in [0.15, 0.2) is 0 Å². The van der Waals surface area contributed by atoms with Gasteiger partial charge in [0.05, 0.1) is 29.7 Å². The van der Waals surface area contributed by atoms with Crippen molar-refractivity contribution in [3.63, 3.8) is 0 Å². The summed E-state index contributed by atoms with van der Waals surface area (Å²) in [7, 11) is 0. The van der Waals surface area contributed by atoms with Crippen LogP contribution in [0.15, 0.2) is 10.7 Å². The van der Waals surface area contributed by atoms with E-state index in [1.807, 2.05) is 4.68 Å². The average molecular weight is 343 g/mol. The van der Waals surface area contributed by atoms with E-state index in [1.165, 1.54) is 0 Å². The molecule has 4 rings (SSSR count). The minimum absolute atomic E-state index is 0.101. The second-order valence-electron chi connectivity index (χ2n) is 6.76. The van der Waals surface area contributed by atoms with Gasteiger partial charge in [0.1, 0.15) is 11.3 Å². The normalized spacial score (nSPS) is 17.1. The highest BCUT2D eigenvalue weighted by atomic mass is 16.5. The molecule has 1 N–H and O–H groups in total. The van der Waals surface area contributed by atoms with Crippen LogP contribution in [0.3, 0.4) is 0 Å². The van der Waals surface area contributed by atoms with E-state index in [9.17, 15) is 9.59 Å². The predicted octanol–water partition coefficient (Wildman–Crippen LogP) is 1.43. The lowest BCUT2D eigenvalue weighted by atomic mass is 10.1. The Labute approximate surface area is 145 Å². The van der Waals surface area contributed by atoms with Crippen LogP contribution in [-0.4, -0.2) is 44.2 Å². The number of amides is 2. The molecule has 2 aromatic heterocycles. The zero-order chi connectivity index (χ0) is 17.6. The lowest BCUT2D eigenvalue weighted by Crippen LogP contribution is -2.33. The zero-order valence-corrected chi connectivity index (χ0v) is 14.4. The Kier molecular flexibility index (Phi) is 3.82. The number of hydrogen-bond donors (Lipinski definition) is 1. The van der Waals surface area contributed by atoms with Crippen LogP contribution >= 0.6 is 0 Å². The maximum atomic E-state index is 13.0. The molecule has 8 nitrogen and oxygen atoms in total. The summed E-state index contributed by atoms with van der Waals surface area (Å²) in [5.74, 6) is 0.307. The van der Waals surface area contributed by atoms with Crippen LogP contribution in [0, 0.1) is 13.8 Å². The standard InChI is InChI=1S/C17H21N5O3/c1-10-15(11(2)25-20-10)17(24)21-6-3-7-22-14(9-21)13(8-18-22)16(23)19-12-4-5-12/h8,12H,3-7,9H2,1-2H3,(H,19,23). The Balaban J connectivity index is 1.61. The number of carbonyl (C=O) groups is 2. The molecule has 0 spiro atoms. The second-order valence-corrected chi connectivity index (χ2v) is 6.76. The fourth-order valence-electron chi connectivity index (χ4n) is 3.24. The number of nitrogens with zero attached hydrogens (tertiary/aromatic N) is 4. The Morgan fingerprint density at radius 3 is 2.76 bits per heavy atom. The average Bonchev–Trinajstić information content (AvgIpc) is 3.27. The first-order chi connectivity index (χ1) is 12.0. The number of nitrogens with one attached hydrogen (secondary N) is 1. The maximum Gasteiger partial charge on any atom is 0.259 e. The first-order valence-corrected chi connectivity index (χ1v) is 8.62. The van der Waals surface area contributed by atoms with E-state index in [4.69, 9.17) is 4.52 Å². The van der Waals surface area contributed by atoms with E-state index in [2.05, 4.69) is 15.6 Å². The quantitative estimate of drug-likeness (QED) is 0.910. The molecular formula is C17H21N5O3. The van der Waals surface area contributed by atoms with Crippen LogP contribution in [0.5, 0.6) is 0 Å². The van der Waals surface area contributed by atoms with E-state index < -0.39 is 0 Å². The van der Waals surface area contributed by atoms with Crippen LogP contribution in [0.2, 0.25) is 0 Å². The van der Waals surface area contributed by atoms with E-state index in [-0.39, 0.29) is 17.9 Å². The number of carbonyl (C=O) groups excluding carboxylic acids is 2. The minimum Gasteiger partial charge on any atom is -0.361 e. The highest BCUT2D eigenvalue weighted by Crippen LogP contribution is 2.23. The summed E-state index contributed by atoms with van der Waals surface area (Å²) < 4.78 is 6.96. The van der Waals surface area contributed by atoms with Crippen molar-refractivity contribution in [1.29, 1.82) is 0 Å². The van der Waals surface area contributed by atoms with Gasteiger partial charge >= 0.3 is 0 Å². The molecule has 1 aliphatic carbocycles. The van der Waals surface area contributed by atoms with Crippen LogP contribution < -0.4 is 5.32 Å². The third-order valence-electron chi connectivity index (χ3n) is 4.78. The van der Waals surface area contributed by atoms with Crippen molar-refractivity contribution in [3.05, 3.63) is 34.5 Å². The smallest absolute Gasteiger partial charge is 0.259 e. The fourth-order valence-corrected chi connectivity index (χ4v) is 3.24. The molecule has 1 aliphatic heterocycles. The Morgan fingerprint density at radius 2 is 2.08 bits per heavy atom. The number of aromatic nitrogens is 3. The summed E-state index contributed by atoms with van der Waals surface area (Å²) in [6.45, 7) is 5.16. The van der Waals surface area contributed by atoms with Crippen LogP contribution in [0.4, 0.5) is 0 Å². The summed E-state index contributed by atoms with van der Waals surface area (Å²) in [6.07, 6.45) is 4.46. The summed E-state index contributed by atoms with van der Waals surface area (Å²) in [6, 6.07) is 0.286. The monoisotopic (exact) mass is 343 g/mol. The second kappa shape index (κ2) is 6.02. The van der Waals surface area contributed by atoms with E-state index in [1.54, 1.807) is 24.9 Å². The molecule has 132 valence electrons. The molecule has 0 unspecified atom stereocenters. The molecule has 0 bridgehead atoms. The largest absolute Gasteiger partial charge is 0.361 e. The van der Waals surface area contributed by atoms with E-state index in [0.717, 1.165) is 25.0 Å². The molecule has 2 amide bonds. The molecule has 3 heterocycles. The molecule has 0 aromatic carbocycles. The molecule has 2 aliphatic rings. The molecule has 1 saturated carbocycles. The third kappa shape index (κ3) is 2.92. The zero-order valence-electron chi connectivity index (χ0n) is 14.4. The van der Waals surface area contributed by atoms with Crippen molar-refractivity contribution >= 4 is 11.8 Å². The predicted molar refractivity (Wildman–Crippen MR) is 88.0 cm³/mol. The first-order valence-electron chi connectivity index (χ1n) is 8.62. The SMILES string of the molecule is Cc1noc(C)c1C(=O)N1CCCn2ncc(C(=O)NC3CC3)c2C1. The van der Waals surface area contributed by atoms with Gasteiger partial charge in [-0.25, -0.2) is 0 Å². The van der Waals surface area contributed by atoms with Gasteiger partial charge in [0.2, 0.25) is 0 Å². The minimum atomic E-state index is -0.112. The van der Waals surface area contributed by atoms with Crippen LogP contribution in [0.1, 0.15) is 57.1 Å². The highest BCUT2D eigenvalue weighted by molar-refractivity contribution is 5.97. The molecule has 1 fully saturated rings. The summed E-state index contributed by atoms with van der Waals surface area (Å²) >= 11 is 0. The van der Waals surface area contributed by atoms with Crippen molar-refractivity contribution < 1.29 is 14.1 Å². The van der Waals surface area contributed by atoms with Crippen molar-refractivity contribution in [1.82, 2.24) is 25.2 Å². The fraction of sp³-hybridized carbons (Fsp3) is 0.529. The number of hydrogen-bond acceptors (Lipinski definition) is 5. The van der Waals surface area contributed by atoms with E-state index in [0.29, 0.717) is 42.2 Å². The van der Waals surface area contributed by atoms with Gasteiger partial charge in [0, 0.05) is 19.1 Å². The topological polar surface area (TPSA) is 93.3 Å². The van der Waals surface area contributed by atoms with Gasteiger partial charge in [0.25, 0.3) is 11.8 Å². The van der Waals surface area contributed by atoms with Gasteiger partial charge in [-0.2, -0.15) is 5.10 Å². The third-order valence-corrected chi connectivity index (χ3v) is 4.78. The lowest BCUT2D eigenvalue weighted by Gasteiger charge is -2.20. The molecule has 25 heavy (non-hydrogen) atoms. The van der Waals surface area contributed by atoms with Crippen molar-refractivity contribution in [2.45, 2.75) is 52.2 Å². The molecule has 2 aromatic rings. The van der Waals surface area contributed by atoms with Crippen molar-refractivity contribution in [2.75, 3.05) is 6.54 Å². The number of rotatable bonds is 3. The molecule has 0 atom stereocenters. The highest BCUT2D eigenvalue weighted by Gasteiger charge is 2.30. The maximum absolute atomic E-state index is 13.0. The van der Waals surface area contributed by atoms with Gasteiger partial charge in [-0.15, -0.1) is 0 Å². The molecule has 0 radical (unpaired) electrons. The molecule has 0 saturated heterocycles. The summed E-state index contributed by atoms with van der Waals surface area (Å²) in [5, 5.41) is 11.2. The van der Waals surface area contributed by atoms with Crippen LogP contribution in [0.25, 0.3) is 0 Å². The van der Waals surface area contributed by atoms with Crippen LogP contribution in [-0.2, 0) is 13.1 Å². The van der Waals surface area contributed by atoms with Gasteiger partial charge in [-0.1, -0.05) is 5.16 Å². The molecular weight excluding hydrogens is 322 g/mol. The lowest BCUT2D eigenvalue weighted by molar-refractivity contribution is 0.0740. The van der Waals surface area contributed by atoms with E-state index >= 15 is 0 Å². The van der Waals surface area contributed by atoms with Gasteiger partial charge in [-0.3, -0.25) is 14.3 Å². The van der Waals surface area contributed by atoms with Gasteiger partial charge in [-0.05, 0) is 33.1 Å². The van der Waals surface area contributed by atoms with Crippen molar-refractivity contribution in [2.24, 2.45) is 0 Å². The summed E-state index contributed by atoms with van der Waals surface area (Å²) in [5.41, 5.74) is 2.45. The number of fused-ring (bicyclic) bond motifs is 1. The Bertz CT molecular complexity index is 814. The molecule has 8 heteroatoms. The summed E-state index contributed by atoms with van der Waals surface area (Å²) in [4.78, 5) is 27.2. The first kappa shape index (κ1) is 15.9. The van der Waals surface area contributed by atoms with Crippen molar-refractivity contribution in [3.8, 4) is 0 Å². The number of aryl methyl sites for hydroxylation is 3. The van der Waals surface area contributed by atoms with Gasteiger partial charge < -0.3 is 14.7 Å². The Morgan fingerprint density at radius 1 is 1.28 bits per heavy atom.